The second kappa shape index (κ2) is 8.02. The molecule has 0 spiro atoms. The molecule has 0 aromatic rings. The van der Waals surface area contributed by atoms with Gasteiger partial charge in [0.1, 0.15) is 0 Å². The standard InChI is InChI=1S/C11H24N2O3S/c1-12-6-2-3-9-17(14,15)13-10-11-4-7-16-8-5-11/h11-13H,2-10H2,1H3. The molecule has 0 amide bonds. The van der Waals surface area contributed by atoms with E-state index in [4.69, 9.17) is 4.74 Å². The maximum atomic E-state index is 11.7. The average molecular weight is 264 g/mol. The molecule has 0 unspecified atom stereocenters. The van der Waals surface area contributed by atoms with Crippen LogP contribution in [0.5, 0.6) is 0 Å². The minimum Gasteiger partial charge on any atom is -0.381 e. The summed E-state index contributed by atoms with van der Waals surface area (Å²) in [5.41, 5.74) is 0. The van der Waals surface area contributed by atoms with Crippen LogP contribution in [0.2, 0.25) is 0 Å². The Morgan fingerprint density at radius 1 is 1.24 bits per heavy atom. The first kappa shape index (κ1) is 14.9. The third-order valence-electron chi connectivity index (χ3n) is 3.02. The molecule has 0 atom stereocenters. The van der Waals surface area contributed by atoms with Gasteiger partial charge in [0.2, 0.25) is 10.0 Å². The second-order valence-electron chi connectivity index (χ2n) is 4.53. The van der Waals surface area contributed by atoms with Crippen molar-refractivity contribution >= 4 is 10.0 Å². The Labute approximate surface area is 104 Å². The zero-order valence-electron chi connectivity index (χ0n) is 10.6. The Balaban J connectivity index is 2.14. The SMILES string of the molecule is CNCCCCS(=O)(=O)NCC1CCOCC1. The second-order valence-corrected chi connectivity index (χ2v) is 6.46. The number of unbranched alkanes of at least 4 members (excludes halogenated alkanes) is 1. The normalized spacial score (nSPS) is 18.4. The van der Waals surface area contributed by atoms with E-state index in [1.54, 1.807) is 0 Å². The maximum absolute atomic E-state index is 11.7. The van der Waals surface area contributed by atoms with Gasteiger partial charge < -0.3 is 10.1 Å². The summed E-state index contributed by atoms with van der Waals surface area (Å²) >= 11 is 0. The molecule has 6 heteroatoms. The summed E-state index contributed by atoms with van der Waals surface area (Å²) in [5, 5.41) is 3.01. The van der Waals surface area contributed by atoms with Crippen LogP contribution in [-0.2, 0) is 14.8 Å². The van der Waals surface area contributed by atoms with E-state index in [0.717, 1.165) is 39.0 Å². The molecule has 1 heterocycles. The van der Waals surface area contributed by atoms with E-state index in [1.807, 2.05) is 7.05 Å². The quantitative estimate of drug-likeness (QED) is 0.620. The molecule has 0 radical (unpaired) electrons. The zero-order chi connectivity index (χ0) is 12.6. The highest BCUT2D eigenvalue weighted by atomic mass is 32.2. The fourth-order valence-electron chi connectivity index (χ4n) is 1.86. The summed E-state index contributed by atoms with van der Waals surface area (Å²) in [6, 6.07) is 0. The summed E-state index contributed by atoms with van der Waals surface area (Å²) in [4.78, 5) is 0. The first-order valence-electron chi connectivity index (χ1n) is 6.34. The molecular formula is C11H24N2O3S. The van der Waals surface area contributed by atoms with E-state index >= 15 is 0 Å². The van der Waals surface area contributed by atoms with Crippen LogP contribution >= 0.6 is 0 Å². The topological polar surface area (TPSA) is 67.4 Å². The Kier molecular flexibility index (Phi) is 7.03. The van der Waals surface area contributed by atoms with Gasteiger partial charge in [0.25, 0.3) is 0 Å². The van der Waals surface area contributed by atoms with Crippen molar-refractivity contribution < 1.29 is 13.2 Å². The highest BCUT2D eigenvalue weighted by Gasteiger charge is 2.17. The molecule has 2 N–H and O–H groups in total. The lowest BCUT2D eigenvalue weighted by Gasteiger charge is -2.22. The van der Waals surface area contributed by atoms with Crippen molar-refractivity contribution in [2.24, 2.45) is 5.92 Å². The summed E-state index contributed by atoms with van der Waals surface area (Å²) < 4.78 is 31.3. The fourth-order valence-corrected chi connectivity index (χ4v) is 3.08. The molecule has 0 saturated carbocycles. The Morgan fingerprint density at radius 3 is 2.59 bits per heavy atom. The van der Waals surface area contributed by atoms with Crippen molar-refractivity contribution in [1.82, 2.24) is 10.0 Å². The number of hydrogen-bond acceptors (Lipinski definition) is 4. The molecule has 0 bridgehead atoms. The summed E-state index contributed by atoms with van der Waals surface area (Å²) in [7, 11) is -1.21. The third-order valence-corrected chi connectivity index (χ3v) is 4.46. The highest BCUT2D eigenvalue weighted by molar-refractivity contribution is 7.89. The van der Waals surface area contributed by atoms with Crippen LogP contribution in [0.25, 0.3) is 0 Å². The Hall–Kier alpha value is -0.170. The summed E-state index contributed by atoms with van der Waals surface area (Å²) in [6.45, 7) is 2.95. The van der Waals surface area contributed by atoms with Gasteiger partial charge in [0.15, 0.2) is 0 Å². The van der Waals surface area contributed by atoms with Crippen LogP contribution in [-0.4, -0.2) is 47.5 Å². The van der Waals surface area contributed by atoms with Gasteiger partial charge in [-0.05, 0) is 45.2 Å². The van der Waals surface area contributed by atoms with Crippen molar-refractivity contribution in [2.75, 3.05) is 39.1 Å². The van der Waals surface area contributed by atoms with Gasteiger partial charge >= 0.3 is 0 Å². The molecule has 17 heavy (non-hydrogen) atoms. The van der Waals surface area contributed by atoms with Gasteiger partial charge in [0, 0.05) is 19.8 Å². The number of hydrogen-bond donors (Lipinski definition) is 2. The van der Waals surface area contributed by atoms with Crippen LogP contribution in [0.15, 0.2) is 0 Å². The monoisotopic (exact) mass is 264 g/mol. The van der Waals surface area contributed by atoms with E-state index in [9.17, 15) is 8.42 Å². The molecule has 0 aromatic carbocycles. The van der Waals surface area contributed by atoms with Crippen molar-refractivity contribution in [2.45, 2.75) is 25.7 Å². The largest absolute Gasteiger partial charge is 0.381 e. The van der Waals surface area contributed by atoms with Gasteiger partial charge in [-0.1, -0.05) is 0 Å². The maximum Gasteiger partial charge on any atom is 0.211 e. The number of rotatable bonds is 8. The lowest BCUT2D eigenvalue weighted by molar-refractivity contribution is 0.0678. The molecule has 1 fully saturated rings. The van der Waals surface area contributed by atoms with Gasteiger partial charge in [-0.15, -0.1) is 0 Å². The van der Waals surface area contributed by atoms with Crippen LogP contribution in [0.4, 0.5) is 0 Å². The van der Waals surface area contributed by atoms with Crippen LogP contribution in [0.1, 0.15) is 25.7 Å². The molecule has 1 saturated heterocycles. The molecule has 5 nitrogen and oxygen atoms in total. The molecule has 1 aliphatic heterocycles. The first-order valence-corrected chi connectivity index (χ1v) is 7.99. The van der Waals surface area contributed by atoms with E-state index < -0.39 is 10.0 Å². The number of nitrogens with one attached hydrogen (secondary N) is 2. The molecule has 0 aliphatic carbocycles. The minimum absolute atomic E-state index is 0.234. The van der Waals surface area contributed by atoms with Gasteiger partial charge in [-0.25, -0.2) is 13.1 Å². The van der Waals surface area contributed by atoms with Gasteiger partial charge in [-0.3, -0.25) is 0 Å². The van der Waals surface area contributed by atoms with Crippen molar-refractivity contribution in [1.29, 1.82) is 0 Å². The van der Waals surface area contributed by atoms with Crippen molar-refractivity contribution in [3.05, 3.63) is 0 Å². The van der Waals surface area contributed by atoms with Gasteiger partial charge in [0.05, 0.1) is 5.75 Å². The molecular weight excluding hydrogens is 240 g/mol. The predicted molar refractivity (Wildman–Crippen MR) is 68.5 cm³/mol. The third kappa shape index (κ3) is 6.98. The Bertz CT molecular complexity index is 287. The summed E-state index contributed by atoms with van der Waals surface area (Å²) in [5.74, 6) is 0.675. The van der Waals surface area contributed by atoms with Crippen LogP contribution < -0.4 is 10.0 Å². The molecule has 0 aromatic heterocycles. The average Bonchev–Trinajstić information content (AvgIpc) is 2.34. The van der Waals surface area contributed by atoms with Gasteiger partial charge in [-0.2, -0.15) is 0 Å². The van der Waals surface area contributed by atoms with Crippen LogP contribution in [0.3, 0.4) is 0 Å². The van der Waals surface area contributed by atoms with E-state index in [-0.39, 0.29) is 5.75 Å². The fraction of sp³-hybridized carbons (Fsp3) is 1.00. The first-order chi connectivity index (χ1) is 8.14. The van der Waals surface area contributed by atoms with Crippen molar-refractivity contribution in [3.8, 4) is 0 Å². The molecule has 1 aliphatic rings. The lowest BCUT2D eigenvalue weighted by Crippen LogP contribution is -2.33. The number of sulfonamides is 1. The zero-order valence-corrected chi connectivity index (χ0v) is 11.4. The smallest absolute Gasteiger partial charge is 0.211 e. The predicted octanol–water partition coefficient (Wildman–Crippen LogP) is 0.332. The van der Waals surface area contributed by atoms with E-state index in [1.165, 1.54) is 0 Å². The van der Waals surface area contributed by atoms with Crippen LogP contribution in [0, 0.1) is 5.92 Å². The highest BCUT2D eigenvalue weighted by Crippen LogP contribution is 2.13. The molecule has 102 valence electrons. The molecule has 1 rings (SSSR count). The minimum atomic E-state index is -3.08. The Morgan fingerprint density at radius 2 is 1.94 bits per heavy atom. The summed E-state index contributed by atoms with van der Waals surface area (Å²) in [6.07, 6.45) is 3.53. The van der Waals surface area contributed by atoms with Crippen molar-refractivity contribution in [3.63, 3.8) is 0 Å². The number of ether oxygens (including phenoxy) is 1. The van der Waals surface area contributed by atoms with E-state index in [0.29, 0.717) is 18.9 Å². The van der Waals surface area contributed by atoms with E-state index in [2.05, 4.69) is 10.0 Å². The lowest BCUT2D eigenvalue weighted by atomic mass is 10.0.